The fourth-order valence-electron chi connectivity index (χ4n) is 3.08. The summed E-state index contributed by atoms with van der Waals surface area (Å²) < 4.78 is 0. The molecule has 96 valence electrons. The first-order valence-corrected chi connectivity index (χ1v) is 6.55. The topological polar surface area (TPSA) is 66.4 Å². The third-order valence-electron chi connectivity index (χ3n) is 4.37. The van der Waals surface area contributed by atoms with E-state index in [4.69, 9.17) is 5.11 Å². The maximum absolute atomic E-state index is 12.1. The summed E-state index contributed by atoms with van der Waals surface area (Å²) >= 11 is 0. The number of carbonyl (C=O) groups is 2. The summed E-state index contributed by atoms with van der Waals surface area (Å²) in [6.07, 6.45) is 6.29. The third kappa shape index (κ3) is 2.61. The van der Waals surface area contributed by atoms with Gasteiger partial charge < -0.3 is 10.4 Å². The first-order valence-electron chi connectivity index (χ1n) is 6.55. The molecule has 2 N–H and O–H groups in total. The number of amides is 1. The van der Waals surface area contributed by atoms with E-state index in [1.807, 2.05) is 6.92 Å². The molecule has 2 atom stereocenters. The van der Waals surface area contributed by atoms with Crippen LogP contribution in [-0.2, 0) is 9.59 Å². The molecule has 0 heterocycles. The van der Waals surface area contributed by atoms with Crippen LogP contribution in [0.3, 0.4) is 0 Å². The fourth-order valence-corrected chi connectivity index (χ4v) is 3.08. The highest BCUT2D eigenvalue weighted by molar-refractivity contribution is 5.83. The molecule has 0 spiro atoms. The molecule has 2 rings (SSSR count). The molecule has 0 aromatic heterocycles. The van der Waals surface area contributed by atoms with E-state index in [9.17, 15) is 9.59 Å². The van der Waals surface area contributed by atoms with E-state index in [1.165, 1.54) is 0 Å². The van der Waals surface area contributed by atoms with Crippen molar-refractivity contribution in [1.82, 2.24) is 5.32 Å². The Morgan fingerprint density at radius 2 is 1.88 bits per heavy atom. The molecule has 0 saturated heterocycles. The van der Waals surface area contributed by atoms with E-state index >= 15 is 0 Å². The molecule has 4 heteroatoms. The van der Waals surface area contributed by atoms with Crippen LogP contribution >= 0.6 is 0 Å². The average Bonchev–Trinajstić information content (AvgIpc) is 2.88. The Morgan fingerprint density at radius 3 is 2.41 bits per heavy atom. The van der Waals surface area contributed by atoms with Crippen molar-refractivity contribution in [3.63, 3.8) is 0 Å². The summed E-state index contributed by atoms with van der Waals surface area (Å²) in [6.45, 7) is 2.03. The smallest absolute Gasteiger partial charge is 0.306 e. The lowest BCUT2D eigenvalue weighted by Gasteiger charge is -2.25. The molecule has 2 saturated carbocycles. The molecule has 2 aliphatic rings. The van der Waals surface area contributed by atoms with Crippen LogP contribution in [0.25, 0.3) is 0 Å². The van der Waals surface area contributed by atoms with Crippen molar-refractivity contribution in [3.05, 3.63) is 0 Å². The zero-order valence-electron chi connectivity index (χ0n) is 10.4. The zero-order chi connectivity index (χ0) is 12.5. The highest BCUT2D eigenvalue weighted by Gasteiger charge is 2.38. The van der Waals surface area contributed by atoms with Gasteiger partial charge >= 0.3 is 5.97 Å². The molecule has 0 bridgehead atoms. The first-order chi connectivity index (χ1) is 8.01. The SMILES string of the molecule is CC1(C(=O)NC2CCC(C(=O)O)C2)CCCC1. The Bertz CT molecular complexity index is 321. The van der Waals surface area contributed by atoms with Crippen molar-refractivity contribution in [3.8, 4) is 0 Å². The molecule has 2 aliphatic carbocycles. The van der Waals surface area contributed by atoms with Gasteiger partial charge in [0.05, 0.1) is 5.92 Å². The average molecular weight is 239 g/mol. The molecule has 17 heavy (non-hydrogen) atoms. The highest BCUT2D eigenvalue weighted by Crippen LogP contribution is 2.38. The molecule has 0 aromatic carbocycles. The minimum Gasteiger partial charge on any atom is -0.481 e. The van der Waals surface area contributed by atoms with E-state index in [0.29, 0.717) is 12.8 Å². The lowest BCUT2D eigenvalue weighted by molar-refractivity contribution is -0.141. The number of hydrogen-bond donors (Lipinski definition) is 2. The number of hydrogen-bond acceptors (Lipinski definition) is 2. The van der Waals surface area contributed by atoms with Crippen molar-refractivity contribution in [2.45, 2.75) is 57.9 Å². The summed E-state index contributed by atoms with van der Waals surface area (Å²) in [6, 6.07) is 0.0704. The van der Waals surface area contributed by atoms with Crippen LogP contribution < -0.4 is 5.32 Å². The lowest BCUT2D eigenvalue weighted by Crippen LogP contribution is -2.42. The first kappa shape index (κ1) is 12.4. The maximum atomic E-state index is 12.1. The van der Waals surface area contributed by atoms with Crippen LogP contribution in [0, 0.1) is 11.3 Å². The Morgan fingerprint density at radius 1 is 1.24 bits per heavy atom. The molecule has 2 fully saturated rings. The molecule has 0 radical (unpaired) electrons. The second-order valence-corrected chi connectivity index (χ2v) is 5.79. The van der Waals surface area contributed by atoms with Crippen molar-refractivity contribution >= 4 is 11.9 Å². The minimum absolute atomic E-state index is 0.0704. The van der Waals surface area contributed by atoms with Gasteiger partial charge in [-0.1, -0.05) is 19.8 Å². The van der Waals surface area contributed by atoms with E-state index in [-0.39, 0.29) is 23.3 Å². The van der Waals surface area contributed by atoms with Crippen LogP contribution in [0.2, 0.25) is 0 Å². The highest BCUT2D eigenvalue weighted by atomic mass is 16.4. The van der Waals surface area contributed by atoms with Gasteiger partial charge in [0.15, 0.2) is 0 Å². The summed E-state index contributed by atoms with van der Waals surface area (Å²) in [5, 5.41) is 12.0. The Kier molecular flexibility index (Phi) is 3.40. The summed E-state index contributed by atoms with van der Waals surface area (Å²) in [5.74, 6) is -0.864. The van der Waals surface area contributed by atoms with E-state index < -0.39 is 5.97 Å². The van der Waals surface area contributed by atoms with Crippen LogP contribution in [0.5, 0.6) is 0 Å². The van der Waals surface area contributed by atoms with E-state index in [0.717, 1.165) is 32.1 Å². The summed E-state index contributed by atoms with van der Waals surface area (Å²) in [5.41, 5.74) is -0.207. The predicted octanol–water partition coefficient (Wildman–Crippen LogP) is 1.94. The van der Waals surface area contributed by atoms with Gasteiger partial charge in [0.2, 0.25) is 5.91 Å². The molecular weight excluding hydrogens is 218 g/mol. The quantitative estimate of drug-likeness (QED) is 0.791. The second-order valence-electron chi connectivity index (χ2n) is 5.79. The van der Waals surface area contributed by atoms with Gasteiger partial charge in [-0.25, -0.2) is 0 Å². The number of carbonyl (C=O) groups excluding carboxylic acids is 1. The van der Waals surface area contributed by atoms with Crippen LogP contribution in [0.15, 0.2) is 0 Å². The van der Waals surface area contributed by atoms with Crippen LogP contribution in [0.1, 0.15) is 51.9 Å². The van der Waals surface area contributed by atoms with Gasteiger partial charge in [-0.3, -0.25) is 9.59 Å². The van der Waals surface area contributed by atoms with E-state index in [1.54, 1.807) is 0 Å². The van der Waals surface area contributed by atoms with Crippen LogP contribution in [-0.4, -0.2) is 23.0 Å². The molecular formula is C13H21NO3. The van der Waals surface area contributed by atoms with Crippen molar-refractivity contribution in [1.29, 1.82) is 0 Å². The van der Waals surface area contributed by atoms with Gasteiger partial charge in [-0.15, -0.1) is 0 Å². The molecule has 1 amide bonds. The number of carboxylic acids is 1. The second kappa shape index (κ2) is 4.67. The van der Waals surface area contributed by atoms with E-state index in [2.05, 4.69) is 5.32 Å². The van der Waals surface area contributed by atoms with Crippen LogP contribution in [0.4, 0.5) is 0 Å². The van der Waals surface area contributed by atoms with Crippen molar-refractivity contribution < 1.29 is 14.7 Å². The van der Waals surface area contributed by atoms with Crippen molar-refractivity contribution in [2.24, 2.45) is 11.3 Å². The standard InChI is InChI=1S/C13H21NO3/c1-13(6-2-3-7-13)12(17)14-10-5-4-9(8-10)11(15)16/h9-10H,2-8H2,1H3,(H,14,17)(H,15,16). The van der Waals surface area contributed by atoms with Gasteiger partial charge in [-0.05, 0) is 32.1 Å². The monoisotopic (exact) mass is 239 g/mol. The Balaban J connectivity index is 1.86. The van der Waals surface area contributed by atoms with Gasteiger partial charge in [0.1, 0.15) is 0 Å². The molecule has 0 aromatic rings. The van der Waals surface area contributed by atoms with Gasteiger partial charge in [-0.2, -0.15) is 0 Å². The minimum atomic E-state index is -0.728. The zero-order valence-corrected chi connectivity index (χ0v) is 10.4. The largest absolute Gasteiger partial charge is 0.481 e. The predicted molar refractivity (Wildman–Crippen MR) is 63.5 cm³/mol. The fraction of sp³-hybridized carbons (Fsp3) is 0.846. The normalized spacial score (nSPS) is 31.4. The lowest BCUT2D eigenvalue weighted by atomic mass is 9.87. The molecule has 0 aliphatic heterocycles. The Hall–Kier alpha value is -1.06. The number of aliphatic carboxylic acids is 1. The number of carboxylic acid groups (broad SMARTS) is 1. The Labute approximate surface area is 102 Å². The summed E-state index contributed by atoms with van der Waals surface area (Å²) in [4.78, 5) is 23.0. The summed E-state index contributed by atoms with van der Waals surface area (Å²) in [7, 11) is 0. The van der Waals surface area contributed by atoms with Gasteiger partial charge in [0, 0.05) is 11.5 Å². The number of rotatable bonds is 3. The third-order valence-corrected chi connectivity index (χ3v) is 4.37. The molecule has 2 unspecified atom stereocenters. The molecule has 4 nitrogen and oxygen atoms in total. The van der Waals surface area contributed by atoms with Crippen molar-refractivity contribution in [2.75, 3.05) is 0 Å². The van der Waals surface area contributed by atoms with Gasteiger partial charge in [0.25, 0.3) is 0 Å². The number of nitrogens with one attached hydrogen (secondary N) is 1. The maximum Gasteiger partial charge on any atom is 0.306 e.